The number of guanidine groups is 1. The standard InChI is InChI=1S/C18H29F2N5O2S.HI/c1-3-21-18(22-10-6-11-23-28(26,27)4-2)24-14-9-12-25(13-14)17-15(19)7-5-8-16(17)20;/h5,7-8,14,23H,3-4,6,9-13H2,1-2H3,(H2,21,22,24);1H. The van der Waals surface area contributed by atoms with Gasteiger partial charge in [-0.05, 0) is 38.8 Å². The van der Waals surface area contributed by atoms with E-state index in [-0.39, 0.29) is 41.5 Å². The molecule has 0 saturated carbocycles. The number of nitrogens with one attached hydrogen (secondary N) is 3. The van der Waals surface area contributed by atoms with Gasteiger partial charge >= 0.3 is 0 Å². The van der Waals surface area contributed by atoms with Crippen LogP contribution in [-0.2, 0) is 10.0 Å². The maximum atomic E-state index is 14.0. The molecule has 3 N–H and O–H groups in total. The topological polar surface area (TPSA) is 85.8 Å². The van der Waals surface area contributed by atoms with E-state index >= 15 is 0 Å². The van der Waals surface area contributed by atoms with E-state index in [9.17, 15) is 17.2 Å². The van der Waals surface area contributed by atoms with Gasteiger partial charge in [-0.15, -0.1) is 24.0 Å². The van der Waals surface area contributed by atoms with E-state index in [2.05, 4.69) is 20.3 Å². The zero-order valence-electron chi connectivity index (χ0n) is 16.7. The van der Waals surface area contributed by atoms with Gasteiger partial charge in [0, 0.05) is 38.8 Å². The molecule has 1 aliphatic heterocycles. The van der Waals surface area contributed by atoms with Crippen molar-refractivity contribution in [2.75, 3.05) is 43.4 Å². The van der Waals surface area contributed by atoms with Crippen molar-refractivity contribution in [3.63, 3.8) is 0 Å². The quantitative estimate of drug-likeness (QED) is 0.192. The molecule has 7 nitrogen and oxygen atoms in total. The zero-order valence-corrected chi connectivity index (χ0v) is 19.9. The molecule has 29 heavy (non-hydrogen) atoms. The zero-order chi connectivity index (χ0) is 20.6. The highest BCUT2D eigenvalue weighted by molar-refractivity contribution is 14.0. The molecule has 11 heteroatoms. The van der Waals surface area contributed by atoms with Crippen LogP contribution in [0.4, 0.5) is 14.5 Å². The highest BCUT2D eigenvalue weighted by Crippen LogP contribution is 2.26. The van der Waals surface area contributed by atoms with Crippen molar-refractivity contribution >= 4 is 45.6 Å². The van der Waals surface area contributed by atoms with Crippen molar-refractivity contribution in [2.24, 2.45) is 4.99 Å². The second kappa shape index (κ2) is 12.5. The van der Waals surface area contributed by atoms with Crippen LogP contribution in [0.25, 0.3) is 0 Å². The van der Waals surface area contributed by atoms with Crippen molar-refractivity contribution in [1.29, 1.82) is 0 Å². The van der Waals surface area contributed by atoms with Crippen LogP contribution < -0.4 is 20.3 Å². The van der Waals surface area contributed by atoms with Gasteiger partial charge in [0.15, 0.2) is 5.96 Å². The fourth-order valence-corrected chi connectivity index (χ4v) is 3.64. The van der Waals surface area contributed by atoms with Crippen molar-refractivity contribution in [2.45, 2.75) is 32.7 Å². The van der Waals surface area contributed by atoms with E-state index in [0.717, 1.165) is 6.42 Å². The highest BCUT2D eigenvalue weighted by Gasteiger charge is 2.27. The lowest BCUT2D eigenvalue weighted by atomic mass is 10.2. The molecule has 0 aromatic heterocycles. The number of para-hydroxylation sites is 1. The highest BCUT2D eigenvalue weighted by atomic mass is 127. The Kier molecular flexibility index (Phi) is 11.1. The summed E-state index contributed by atoms with van der Waals surface area (Å²) in [6.07, 6.45) is 1.31. The van der Waals surface area contributed by atoms with E-state index in [1.807, 2.05) is 6.92 Å². The lowest BCUT2D eigenvalue weighted by Crippen LogP contribution is -2.44. The molecule has 0 radical (unpaired) electrons. The molecule has 1 unspecified atom stereocenters. The van der Waals surface area contributed by atoms with Crippen molar-refractivity contribution in [3.8, 4) is 0 Å². The van der Waals surface area contributed by atoms with E-state index < -0.39 is 21.7 Å². The first kappa shape index (κ1) is 25.8. The fraction of sp³-hybridized carbons (Fsp3) is 0.611. The Balaban J connectivity index is 0.00000420. The fourth-order valence-electron chi connectivity index (χ4n) is 2.99. The van der Waals surface area contributed by atoms with Crippen molar-refractivity contribution < 1.29 is 17.2 Å². The van der Waals surface area contributed by atoms with Gasteiger partial charge in [-0.2, -0.15) is 0 Å². The third-order valence-electron chi connectivity index (χ3n) is 4.43. The van der Waals surface area contributed by atoms with E-state index in [1.54, 1.807) is 11.8 Å². The summed E-state index contributed by atoms with van der Waals surface area (Å²) in [4.78, 5) is 6.15. The summed E-state index contributed by atoms with van der Waals surface area (Å²) in [5.41, 5.74) is 0.0111. The summed E-state index contributed by atoms with van der Waals surface area (Å²) in [5.74, 6) is -0.449. The first-order valence-electron chi connectivity index (χ1n) is 9.57. The average molecular weight is 545 g/mol. The number of sulfonamides is 1. The number of aliphatic imine (C=N–C) groups is 1. The van der Waals surface area contributed by atoms with E-state index in [1.165, 1.54) is 18.2 Å². The summed E-state index contributed by atoms with van der Waals surface area (Å²) >= 11 is 0. The summed E-state index contributed by atoms with van der Waals surface area (Å²) in [5, 5.41) is 6.43. The largest absolute Gasteiger partial charge is 0.365 e. The molecule has 0 spiro atoms. The molecule has 0 bridgehead atoms. The first-order valence-corrected chi connectivity index (χ1v) is 11.2. The monoisotopic (exact) mass is 545 g/mol. The molecule has 0 amide bonds. The number of hydrogen-bond donors (Lipinski definition) is 3. The summed E-state index contributed by atoms with van der Waals surface area (Å²) in [7, 11) is -3.19. The van der Waals surface area contributed by atoms with Crippen LogP contribution in [0, 0.1) is 11.6 Å². The minimum atomic E-state index is -3.19. The van der Waals surface area contributed by atoms with Gasteiger partial charge in [-0.3, -0.25) is 4.99 Å². The molecular weight excluding hydrogens is 515 g/mol. The predicted molar refractivity (Wildman–Crippen MR) is 124 cm³/mol. The Hall–Kier alpha value is -1.21. The van der Waals surface area contributed by atoms with Crippen LogP contribution in [0.3, 0.4) is 0 Å². The van der Waals surface area contributed by atoms with Gasteiger partial charge in [-0.25, -0.2) is 21.9 Å². The van der Waals surface area contributed by atoms with Gasteiger partial charge in [0.2, 0.25) is 10.0 Å². The molecule has 1 aliphatic rings. The number of hydrogen-bond acceptors (Lipinski definition) is 4. The van der Waals surface area contributed by atoms with Crippen LogP contribution in [0.1, 0.15) is 26.7 Å². The van der Waals surface area contributed by atoms with Crippen LogP contribution in [0.2, 0.25) is 0 Å². The Morgan fingerprint density at radius 3 is 2.59 bits per heavy atom. The normalized spacial score (nSPS) is 17.2. The Bertz CT molecular complexity index is 759. The number of nitrogens with zero attached hydrogens (tertiary/aromatic N) is 2. The molecule has 1 heterocycles. The van der Waals surface area contributed by atoms with Crippen LogP contribution in [0.15, 0.2) is 23.2 Å². The minimum Gasteiger partial charge on any atom is -0.365 e. The lowest BCUT2D eigenvalue weighted by molar-refractivity contribution is 0.576. The third kappa shape index (κ3) is 8.21. The molecule has 1 aromatic rings. The predicted octanol–water partition coefficient (Wildman–Crippen LogP) is 2.05. The van der Waals surface area contributed by atoms with Gasteiger partial charge in [0.1, 0.15) is 17.3 Å². The number of rotatable bonds is 9. The number of halogens is 3. The van der Waals surface area contributed by atoms with E-state index in [0.29, 0.717) is 45.1 Å². The van der Waals surface area contributed by atoms with Crippen LogP contribution in [0.5, 0.6) is 0 Å². The Labute approximate surface area is 188 Å². The van der Waals surface area contributed by atoms with E-state index in [4.69, 9.17) is 0 Å². The minimum absolute atomic E-state index is 0. The number of anilines is 1. The van der Waals surface area contributed by atoms with Crippen molar-refractivity contribution in [1.82, 2.24) is 15.4 Å². The van der Waals surface area contributed by atoms with Crippen molar-refractivity contribution in [3.05, 3.63) is 29.8 Å². The summed E-state index contributed by atoms with van der Waals surface area (Å²) in [6, 6.07) is 3.89. The van der Waals surface area contributed by atoms with Gasteiger partial charge in [0.05, 0.1) is 5.75 Å². The molecule has 166 valence electrons. The maximum Gasteiger partial charge on any atom is 0.211 e. The Morgan fingerprint density at radius 2 is 1.97 bits per heavy atom. The molecule has 0 aliphatic carbocycles. The summed E-state index contributed by atoms with van der Waals surface area (Å²) < 4.78 is 53.2. The lowest BCUT2D eigenvalue weighted by Gasteiger charge is -2.21. The third-order valence-corrected chi connectivity index (χ3v) is 5.84. The van der Waals surface area contributed by atoms with Crippen LogP contribution in [-0.4, -0.2) is 58.9 Å². The molecule has 2 rings (SSSR count). The average Bonchev–Trinajstić information content (AvgIpc) is 3.09. The first-order chi connectivity index (χ1) is 13.4. The molecular formula is C18H30F2IN5O2S. The second-order valence-corrected chi connectivity index (χ2v) is 8.65. The Morgan fingerprint density at radius 1 is 1.28 bits per heavy atom. The number of benzene rings is 1. The van der Waals surface area contributed by atoms with Gasteiger partial charge in [0.25, 0.3) is 0 Å². The maximum absolute atomic E-state index is 14.0. The SMILES string of the molecule is CCNC(=NCCCNS(=O)(=O)CC)NC1CCN(c2c(F)cccc2F)C1.I. The molecule has 1 saturated heterocycles. The summed E-state index contributed by atoms with van der Waals surface area (Å²) in [6.45, 7) is 6.02. The molecule has 1 aromatic carbocycles. The molecule has 1 fully saturated rings. The van der Waals surface area contributed by atoms with Crippen LogP contribution >= 0.6 is 24.0 Å². The smallest absolute Gasteiger partial charge is 0.211 e. The van der Waals surface area contributed by atoms with Gasteiger partial charge < -0.3 is 15.5 Å². The second-order valence-electron chi connectivity index (χ2n) is 6.56. The van der Waals surface area contributed by atoms with Gasteiger partial charge in [-0.1, -0.05) is 6.07 Å². The molecule has 1 atom stereocenters.